The fourth-order valence-electron chi connectivity index (χ4n) is 1.48. The first-order valence-corrected chi connectivity index (χ1v) is 8.12. The van der Waals surface area contributed by atoms with Crippen molar-refractivity contribution in [2.45, 2.75) is 19.0 Å². The van der Waals surface area contributed by atoms with Crippen LogP contribution in [0.25, 0.3) is 0 Å². The second-order valence-corrected chi connectivity index (χ2v) is 5.88. The summed E-state index contributed by atoms with van der Waals surface area (Å²) in [5.74, 6) is -0.294. The van der Waals surface area contributed by atoms with Gasteiger partial charge in [0, 0.05) is 13.6 Å². The van der Waals surface area contributed by atoms with Crippen LogP contribution in [0.3, 0.4) is 0 Å². The van der Waals surface area contributed by atoms with Gasteiger partial charge in [0.1, 0.15) is 6.04 Å². The second-order valence-electron chi connectivity index (χ2n) is 4.11. The molecule has 1 rings (SSSR count). The number of carboxylic acid groups (broad SMARTS) is 1. The number of hydrogen-bond acceptors (Lipinski definition) is 4. The Kier molecular flexibility index (Phi) is 6.72. The van der Waals surface area contributed by atoms with Crippen molar-refractivity contribution in [1.29, 1.82) is 0 Å². The molecular formula is C12H18N2O3S2. The Bertz CT molecular complexity index is 409. The van der Waals surface area contributed by atoms with E-state index in [9.17, 15) is 9.59 Å². The van der Waals surface area contributed by atoms with Crippen LogP contribution in [0.4, 0.5) is 4.79 Å². The Hall–Kier alpha value is -1.21. The van der Waals surface area contributed by atoms with Crippen LogP contribution in [-0.2, 0) is 11.3 Å². The highest BCUT2D eigenvalue weighted by molar-refractivity contribution is 7.98. The summed E-state index contributed by atoms with van der Waals surface area (Å²) in [6.45, 7) is 0.476. The van der Waals surface area contributed by atoms with E-state index in [4.69, 9.17) is 5.11 Å². The van der Waals surface area contributed by atoms with Gasteiger partial charge in [0.05, 0.1) is 0 Å². The van der Waals surface area contributed by atoms with Crippen LogP contribution >= 0.6 is 23.1 Å². The van der Waals surface area contributed by atoms with Gasteiger partial charge >= 0.3 is 12.0 Å². The Morgan fingerprint density at radius 2 is 2.32 bits per heavy atom. The SMILES string of the molecule is CSCC[C@@H](NC(=O)N(C)Cc1ccsc1)C(=O)O. The highest BCUT2D eigenvalue weighted by Crippen LogP contribution is 2.09. The molecule has 0 aliphatic heterocycles. The Labute approximate surface area is 121 Å². The number of thiophene rings is 1. The molecule has 0 fully saturated rings. The number of nitrogens with zero attached hydrogens (tertiary/aromatic N) is 1. The van der Waals surface area contributed by atoms with Crippen LogP contribution in [0, 0.1) is 0 Å². The maximum atomic E-state index is 11.9. The van der Waals surface area contributed by atoms with Crippen molar-refractivity contribution < 1.29 is 14.7 Å². The summed E-state index contributed by atoms with van der Waals surface area (Å²) in [4.78, 5) is 24.4. The smallest absolute Gasteiger partial charge is 0.326 e. The maximum Gasteiger partial charge on any atom is 0.326 e. The monoisotopic (exact) mass is 302 g/mol. The average molecular weight is 302 g/mol. The molecule has 0 spiro atoms. The lowest BCUT2D eigenvalue weighted by atomic mass is 10.2. The molecule has 1 aromatic rings. The fraction of sp³-hybridized carbons (Fsp3) is 0.500. The molecule has 19 heavy (non-hydrogen) atoms. The zero-order valence-electron chi connectivity index (χ0n) is 11.0. The summed E-state index contributed by atoms with van der Waals surface area (Å²) in [5.41, 5.74) is 1.04. The van der Waals surface area contributed by atoms with Crippen molar-refractivity contribution in [3.8, 4) is 0 Å². The summed E-state index contributed by atoms with van der Waals surface area (Å²) < 4.78 is 0. The van der Waals surface area contributed by atoms with Crippen molar-refractivity contribution in [3.05, 3.63) is 22.4 Å². The number of carbonyl (C=O) groups is 2. The molecule has 5 nitrogen and oxygen atoms in total. The number of nitrogens with one attached hydrogen (secondary N) is 1. The highest BCUT2D eigenvalue weighted by Gasteiger charge is 2.21. The van der Waals surface area contributed by atoms with E-state index in [1.54, 1.807) is 30.1 Å². The zero-order chi connectivity index (χ0) is 14.3. The number of carbonyl (C=O) groups excluding carboxylic acids is 1. The van der Waals surface area contributed by atoms with Gasteiger partial charge in [0.25, 0.3) is 0 Å². The van der Waals surface area contributed by atoms with E-state index in [2.05, 4.69) is 5.32 Å². The van der Waals surface area contributed by atoms with Crippen LogP contribution in [0.5, 0.6) is 0 Å². The predicted octanol–water partition coefficient (Wildman–Crippen LogP) is 2.10. The molecule has 0 aliphatic rings. The van der Waals surface area contributed by atoms with E-state index in [1.165, 1.54) is 4.90 Å². The Balaban J connectivity index is 2.48. The van der Waals surface area contributed by atoms with Gasteiger partial charge in [-0.2, -0.15) is 23.1 Å². The van der Waals surface area contributed by atoms with E-state index < -0.39 is 12.0 Å². The summed E-state index contributed by atoms with van der Waals surface area (Å²) >= 11 is 3.13. The molecule has 106 valence electrons. The number of amides is 2. The Morgan fingerprint density at radius 3 is 2.84 bits per heavy atom. The van der Waals surface area contributed by atoms with Crippen molar-refractivity contribution >= 4 is 35.1 Å². The van der Waals surface area contributed by atoms with Crippen molar-refractivity contribution in [2.75, 3.05) is 19.1 Å². The van der Waals surface area contributed by atoms with Crippen molar-refractivity contribution in [1.82, 2.24) is 10.2 Å². The molecular weight excluding hydrogens is 284 g/mol. The van der Waals surface area contributed by atoms with Gasteiger partial charge in [-0.25, -0.2) is 9.59 Å². The zero-order valence-corrected chi connectivity index (χ0v) is 12.6. The van der Waals surface area contributed by atoms with Crippen molar-refractivity contribution in [3.63, 3.8) is 0 Å². The van der Waals surface area contributed by atoms with Crippen LogP contribution in [0.1, 0.15) is 12.0 Å². The first kappa shape index (κ1) is 15.8. The van der Waals surface area contributed by atoms with E-state index in [0.29, 0.717) is 18.7 Å². The van der Waals surface area contributed by atoms with E-state index in [1.807, 2.05) is 23.1 Å². The second kappa shape index (κ2) is 8.06. The van der Waals surface area contributed by atoms with Crippen molar-refractivity contribution in [2.24, 2.45) is 0 Å². The topological polar surface area (TPSA) is 69.6 Å². The molecule has 0 radical (unpaired) electrons. The number of urea groups is 1. The lowest BCUT2D eigenvalue weighted by Crippen LogP contribution is -2.46. The predicted molar refractivity (Wildman–Crippen MR) is 78.7 cm³/mol. The van der Waals surface area contributed by atoms with Crippen LogP contribution in [0.2, 0.25) is 0 Å². The molecule has 2 amide bonds. The molecule has 0 unspecified atom stereocenters. The standard InChI is InChI=1S/C12H18N2O3S2/c1-14(7-9-3-6-19-8-9)12(17)13-10(11(15)16)4-5-18-2/h3,6,8,10H,4-5,7H2,1-2H3,(H,13,17)(H,15,16)/t10-/m1/s1. The number of thioether (sulfide) groups is 1. The summed E-state index contributed by atoms with van der Waals surface area (Å²) in [7, 11) is 1.65. The largest absolute Gasteiger partial charge is 0.480 e. The quantitative estimate of drug-likeness (QED) is 0.809. The minimum atomic E-state index is -0.994. The molecule has 0 aromatic carbocycles. The van der Waals surface area contributed by atoms with Gasteiger partial charge in [0.15, 0.2) is 0 Å². The molecule has 7 heteroatoms. The number of aliphatic carboxylic acids is 1. The fourth-order valence-corrected chi connectivity index (χ4v) is 2.61. The molecule has 1 atom stereocenters. The van der Waals surface area contributed by atoms with Gasteiger partial charge in [-0.1, -0.05) is 0 Å². The number of hydrogen-bond donors (Lipinski definition) is 2. The lowest BCUT2D eigenvalue weighted by molar-refractivity contribution is -0.139. The summed E-state index contributed by atoms with van der Waals surface area (Å²) in [6.07, 6.45) is 2.33. The lowest BCUT2D eigenvalue weighted by Gasteiger charge is -2.21. The number of rotatable bonds is 7. The van der Waals surface area contributed by atoms with Gasteiger partial charge in [-0.05, 0) is 40.8 Å². The van der Waals surface area contributed by atoms with E-state index >= 15 is 0 Å². The molecule has 0 saturated carbocycles. The molecule has 2 N–H and O–H groups in total. The average Bonchev–Trinajstić information content (AvgIpc) is 2.86. The minimum absolute atomic E-state index is 0.361. The van der Waals surface area contributed by atoms with E-state index in [-0.39, 0.29) is 6.03 Å². The molecule has 0 aliphatic carbocycles. The first-order valence-electron chi connectivity index (χ1n) is 5.79. The third kappa shape index (κ3) is 5.52. The maximum absolute atomic E-state index is 11.9. The van der Waals surface area contributed by atoms with E-state index in [0.717, 1.165) is 5.56 Å². The highest BCUT2D eigenvalue weighted by atomic mass is 32.2. The summed E-state index contributed by atoms with van der Waals surface area (Å²) in [5, 5.41) is 15.5. The van der Waals surface area contributed by atoms with Crippen LogP contribution < -0.4 is 5.32 Å². The molecule has 0 bridgehead atoms. The third-order valence-electron chi connectivity index (χ3n) is 2.55. The van der Waals surface area contributed by atoms with Gasteiger partial charge in [-0.3, -0.25) is 0 Å². The van der Waals surface area contributed by atoms with Gasteiger partial charge in [-0.15, -0.1) is 0 Å². The molecule has 1 heterocycles. The first-order chi connectivity index (χ1) is 9.04. The molecule has 0 saturated heterocycles. The third-order valence-corrected chi connectivity index (χ3v) is 3.93. The minimum Gasteiger partial charge on any atom is -0.480 e. The van der Waals surface area contributed by atoms with Crippen LogP contribution in [0.15, 0.2) is 16.8 Å². The number of carboxylic acids is 1. The molecule has 1 aromatic heterocycles. The van der Waals surface area contributed by atoms with Gasteiger partial charge < -0.3 is 15.3 Å². The Morgan fingerprint density at radius 1 is 1.58 bits per heavy atom. The van der Waals surface area contributed by atoms with Gasteiger partial charge in [0.2, 0.25) is 0 Å². The normalized spacial score (nSPS) is 11.9. The van der Waals surface area contributed by atoms with Crippen LogP contribution in [-0.4, -0.2) is 47.1 Å². The summed E-state index contributed by atoms with van der Waals surface area (Å²) in [6, 6.07) is 0.751.